The van der Waals surface area contributed by atoms with Gasteiger partial charge in [0.05, 0.1) is 13.5 Å². The van der Waals surface area contributed by atoms with Crippen molar-refractivity contribution in [1.82, 2.24) is 0 Å². The summed E-state index contributed by atoms with van der Waals surface area (Å²) in [6.07, 6.45) is 0.508. The van der Waals surface area contributed by atoms with E-state index in [4.69, 9.17) is 9.47 Å². The highest BCUT2D eigenvalue weighted by atomic mass is 16.5. The van der Waals surface area contributed by atoms with Gasteiger partial charge in [0.2, 0.25) is 0 Å². The van der Waals surface area contributed by atoms with E-state index < -0.39 is 6.10 Å². The van der Waals surface area contributed by atoms with E-state index in [2.05, 4.69) is 0 Å². The van der Waals surface area contributed by atoms with Crippen LogP contribution in [0, 0.1) is 0 Å². The molecule has 0 aromatic heterocycles. The van der Waals surface area contributed by atoms with Crippen LogP contribution < -0.4 is 0 Å². The number of allylic oxidation sites excluding steroid dienone is 1. The quantitative estimate of drug-likeness (QED) is 0.550. The molecule has 0 aromatic rings. The van der Waals surface area contributed by atoms with Gasteiger partial charge < -0.3 is 9.47 Å². The molecule has 4 nitrogen and oxygen atoms in total. The van der Waals surface area contributed by atoms with Crippen molar-refractivity contribution in [2.45, 2.75) is 12.5 Å². The molecule has 66 valence electrons. The maximum absolute atomic E-state index is 11.1. The van der Waals surface area contributed by atoms with E-state index in [-0.39, 0.29) is 18.0 Å². The lowest BCUT2D eigenvalue weighted by Gasteiger charge is -2.19. The van der Waals surface area contributed by atoms with Crippen LogP contribution in [0.4, 0.5) is 0 Å². The molecule has 1 aliphatic carbocycles. The molecule has 12 heavy (non-hydrogen) atoms. The summed E-state index contributed by atoms with van der Waals surface area (Å²) in [6.45, 7) is 0. The van der Waals surface area contributed by atoms with E-state index in [0.29, 0.717) is 5.76 Å². The van der Waals surface area contributed by atoms with Crippen molar-refractivity contribution in [3.63, 3.8) is 0 Å². The first-order valence-electron chi connectivity index (χ1n) is 3.53. The molecule has 1 rings (SSSR count). The minimum Gasteiger partial charge on any atom is -0.498 e. The summed E-state index contributed by atoms with van der Waals surface area (Å²) in [4.78, 5) is 22.0. The van der Waals surface area contributed by atoms with Crippen LogP contribution >= 0.6 is 0 Å². The van der Waals surface area contributed by atoms with Crippen LogP contribution in [0.5, 0.6) is 0 Å². The zero-order valence-corrected chi connectivity index (χ0v) is 6.99. The highest BCUT2D eigenvalue weighted by Gasteiger charge is 2.29. The number of hydrogen-bond donors (Lipinski definition) is 0. The molecule has 0 spiro atoms. The number of ether oxygens (including phenoxy) is 2. The van der Waals surface area contributed by atoms with E-state index in [0.717, 1.165) is 0 Å². The Morgan fingerprint density at radius 1 is 1.42 bits per heavy atom. The third-order valence-electron chi connectivity index (χ3n) is 1.67. The molecule has 0 amide bonds. The van der Waals surface area contributed by atoms with Gasteiger partial charge in [0.15, 0.2) is 17.7 Å². The Bertz CT molecular complexity index is 241. The van der Waals surface area contributed by atoms with Gasteiger partial charge in [-0.05, 0) is 0 Å². The minimum atomic E-state index is -0.701. The van der Waals surface area contributed by atoms with Gasteiger partial charge in [0.25, 0.3) is 0 Å². The molecule has 1 atom stereocenters. The van der Waals surface area contributed by atoms with Crippen LogP contribution in [0.1, 0.15) is 6.42 Å². The van der Waals surface area contributed by atoms with E-state index in [1.165, 1.54) is 20.3 Å². The molecule has 0 aliphatic heterocycles. The summed E-state index contributed by atoms with van der Waals surface area (Å²) in [6, 6.07) is 0. The van der Waals surface area contributed by atoms with Crippen molar-refractivity contribution in [2.24, 2.45) is 0 Å². The maximum atomic E-state index is 11.1. The second kappa shape index (κ2) is 3.49. The fourth-order valence-electron chi connectivity index (χ4n) is 1.12. The largest absolute Gasteiger partial charge is 0.498 e. The van der Waals surface area contributed by atoms with Crippen LogP contribution in [0.2, 0.25) is 0 Å². The zero-order valence-electron chi connectivity index (χ0n) is 6.99. The van der Waals surface area contributed by atoms with Gasteiger partial charge in [0, 0.05) is 13.2 Å². The number of Topliss-reactive ketones (excluding diaryl/α,β-unsaturated/α-hetero) is 1. The number of ketones is 2. The Kier molecular flexibility index (Phi) is 2.60. The maximum Gasteiger partial charge on any atom is 0.176 e. The van der Waals surface area contributed by atoms with Gasteiger partial charge in [-0.2, -0.15) is 0 Å². The first kappa shape index (κ1) is 8.93. The topological polar surface area (TPSA) is 52.6 Å². The van der Waals surface area contributed by atoms with Crippen LogP contribution in [0.25, 0.3) is 0 Å². The Hall–Kier alpha value is -1.16. The number of rotatable bonds is 2. The summed E-state index contributed by atoms with van der Waals surface area (Å²) in [5, 5.41) is 0. The predicted molar refractivity (Wildman–Crippen MR) is 40.5 cm³/mol. The van der Waals surface area contributed by atoms with Crippen molar-refractivity contribution in [3.05, 3.63) is 11.8 Å². The molecular weight excluding hydrogens is 160 g/mol. The summed E-state index contributed by atoms with van der Waals surface area (Å²) in [7, 11) is 2.81. The second-order valence-corrected chi connectivity index (χ2v) is 2.48. The Morgan fingerprint density at radius 2 is 2.08 bits per heavy atom. The normalized spacial score (nSPS) is 23.8. The summed E-state index contributed by atoms with van der Waals surface area (Å²) in [5.74, 6) is -0.189. The molecule has 0 saturated heterocycles. The standard InChI is InChI=1S/C8H10O4/c1-11-7-4-5(9)3-6(10)8(7)12-2/h4,8H,3H2,1-2H3. The van der Waals surface area contributed by atoms with E-state index >= 15 is 0 Å². The molecule has 1 unspecified atom stereocenters. The molecule has 0 bridgehead atoms. The lowest BCUT2D eigenvalue weighted by molar-refractivity contribution is -0.133. The molecule has 0 radical (unpaired) electrons. The number of hydrogen-bond acceptors (Lipinski definition) is 4. The Labute approximate surface area is 70.1 Å². The Morgan fingerprint density at radius 3 is 2.58 bits per heavy atom. The average molecular weight is 170 g/mol. The fraction of sp³-hybridized carbons (Fsp3) is 0.500. The summed E-state index contributed by atoms with van der Waals surface area (Å²) >= 11 is 0. The first-order chi connectivity index (χ1) is 5.69. The minimum absolute atomic E-state index is 0.0919. The summed E-state index contributed by atoms with van der Waals surface area (Å²) in [5.41, 5.74) is 0. The smallest absolute Gasteiger partial charge is 0.176 e. The van der Waals surface area contributed by atoms with Gasteiger partial charge in [-0.15, -0.1) is 0 Å². The van der Waals surface area contributed by atoms with Crippen molar-refractivity contribution < 1.29 is 19.1 Å². The van der Waals surface area contributed by atoms with Gasteiger partial charge >= 0.3 is 0 Å². The number of methoxy groups -OCH3 is 2. The van der Waals surface area contributed by atoms with Crippen molar-refractivity contribution in [3.8, 4) is 0 Å². The third-order valence-corrected chi connectivity index (χ3v) is 1.67. The van der Waals surface area contributed by atoms with E-state index in [1.54, 1.807) is 0 Å². The molecule has 1 aliphatic rings. The fourth-order valence-corrected chi connectivity index (χ4v) is 1.12. The SMILES string of the molecule is COC1=CC(=O)CC(=O)C1OC. The van der Waals surface area contributed by atoms with Crippen molar-refractivity contribution in [2.75, 3.05) is 14.2 Å². The Balaban J connectivity index is 2.90. The van der Waals surface area contributed by atoms with Gasteiger partial charge in [-0.1, -0.05) is 0 Å². The number of carbonyl (C=O) groups is 2. The highest BCUT2D eigenvalue weighted by molar-refractivity contribution is 6.10. The van der Waals surface area contributed by atoms with Gasteiger partial charge in [-0.3, -0.25) is 9.59 Å². The molecule has 0 fully saturated rings. The molecule has 0 N–H and O–H groups in total. The second-order valence-electron chi connectivity index (χ2n) is 2.48. The van der Waals surface area contributed by atoms with Gasteiger partial charge in [-0.25, -0.2) is 0 Å². The monoisotopic (exact) mass is 170 g/mol. The van der Waals surface area contributed by atoms with Gasteiger partial charge in [0.1, 0.15) is 5.76 Å². The lowest BCUT2D eigenvalue weighted by Crippen LogP contribution is -2.32. The highest BCUT2D eigenvalue weighted by Crippen LogP contribution is 2.15. The third kappa shape index (κ3) is 1.53. The summed E-state index contributed by atoms with van der Waals surface area (Å²) < 4.78 is 9.69. The predicted octanol–water partition coefficient (Wildman–Crippen LogP) is 0.0736. The van der Waals surface area contributed by atoms with E-state index in [1.807, 2.05) is 0 Å². The van der Waals surface area contributed by atoms with Crippen LogP contribution in [-0.2, 0) is 19.1 Å². The lowest BCUT2D eigenvalue weighted by atomic mass is 10.0. The van der Waals surface area contributed by atoms with Crippen molar-refractivity contribution in [1.29, 1.82) is 0 Å². The molecule has 0 heterocycles. The molecule has 0 aromatic carbocycles. The average Bonchev–Trinajstić information content (AvgIpc) is 2.03. The van der Waals surface area contributed by atoms with Crippen LogP contribution in [0.15, 0.2) is 11.8 Å². The number of carbonyl (C=O) groups excluding carboxylic acids is 2. The van der Waals surface area contributed by atoms with Crippen LogP contribution in [-0.4, -0.2) is 31.9 Å². The van der Waals surface area contributed by atoms with E-state index in [9.17, 15) is 9.59 Å². The van der Waals surface area contributed by atoms with Crippen LogP contribution in [0.3, 0.4) is 0 Å². The molecule has 4 heteroatoms. The van der Waals surface area contributed by atoms with Crippen molar-refractivity contribution >= 4 is 11.6 Å². The first-order valence-corrected chi connectivity index (χ1v) is 3.53. The molecular formula is C8H10O4. The zero-order chi connectivity index (χ0) is 9.14. The molecule has 0 saturated carbocycles.